The summed E-state index contributed by atoms with van der Waals surface area (Å²) in [6.45, 7) is 0. The zero-order valence-electron chi connectivity index (χ0n) is 19.7. The number of benzene rings is 3. The molecule has 35 heavy (non-hydrogen) atoms. The Labute approximate surface area is 203 Å². The van der Waals surface area contributed by atoms with Crippen LogP contribution >= 0.6 is 0 Å². The molecule has 3 aromatic rings. The number of ether oxygens (including phenoxy) is 2. The van der Waals surface area contributed by atoms with Crippen molar-refractivity contribution in [3.63, 3.8) is 0 Å². The van der Waals surface area contributed by atoms with Crippen molar-refractivity contribution in [3.05, 3.63) is 98.6 Å². The van der Waals surface area contributed by atoms with Crippen LogP contribution in [0.5, 0.6) is 11.5 Å². The number of hydrogen-bond acceptors (Lipinski definition) is 6. The Balaban J connectivity index is 1.50. The Morgan fingerprint density at radius 2 is 1.51 bits per heavy atom. The van der Waals surface area contributed by atoms with E-state index in [0.717, 1.165) is 35.4 Å². The van der Waals surface area contributed by atoms with Crippen molar-refractivity contribution in [1.29, 1.82) is 0 Å². The van der Waals surface area contributed by atoms with Gasteiger partial charge in [0.25, 0.3) is 5.69 Å². The number of non-ortho nitro benzene ring substituents is 1. The first-order chi connectivity index (χ1) is 17.0. The topological polar surface area (TPSA) is 91.0 Å². The van der Waals surface area contributed by atoms with E-state index in [1.807, 2.05) is 18.2 Å². The van der Waals surface area contributed by atoms with Crippen LogP contribution in [-0.4, -0.2) is 36.7 Å². The van der Waals surface area contributed by atoms with Crippen LogP contribution < -0.4 is 9.47 Å². The fourth-order valence-electron chi connectivity index (χ4n) is 5.18. The number of nitrogens with zero attached hydrogens (tertiary/aromatic N) is 2. The highest BCUT2D eigenvalue weighted by molar-refractivity contribution is 6.16. The number of fused-ring (bicyclic) bond motifs is 3. The number of rotatable bonds is 6. The van der Waals surface area contributed by atoms with Gasteiger partial charge < -0.3 is 9.47 Å². The van der Waals surface area contributed by atoms with Crippen LogP contribution in [0.25, 0.3) is 0 Å². The second-order valence-corrected chi connectivity index (χ2v) is 8.94. The molecule has 7 heteroatoms. The summed E-state index contributed by atoms with van der Waals surface area (Å²) in [4.78, 5) is 28.5. The van der Waals surface area contributed by atoms with Gasteiger partial charge in [0.1, 0.15) is 0 Å². The molecule has 0 saturated heterocycles. The molecule has 0 unspecified atom stereocenters. The van der Waals surface area contributed by atoms with E-state index < -0.39 is 4.92 Å². The first kappa shape index (κ1) is 22.8. The Bertz CT molecular complexity index is 1310. The van der Waals surface area contributed by atoms with E-state index in [-0.39, 0.29) is 17.5 Å². The number of aliphatic imine (C=N–C) groups is 1. The minimum absolute atomic E-state index is 0.0426. The zero-order chi connectivity index (χ0) is 24.5. The molecule has 2 atom stereocenters. The van der Waals surface area contributed by atoms with E-state index in [0.29, 0.717) is 22.8 Å². The molecule has 5 rings (SSSR count). The summed E-state index contributed by atoms with van der Waals surface area (Å²) in [6.07, 6.45) is 4.52. The van der Waals surface area contributed by atoms with Gasteiger partial charge in [0.15, 0.2) is 17.3 Å². The minimum atomic E-state index is -0.479. The number of nitro groups is 1. The zero-order valence-corrected chi connectivity index (χ0v) is 19.7. The fourth-order valence-corrected chi connectivity index (χ4v) is 5.18. The molecule has 0 amide bonds. The molecular formula is C28H26N2O5. The first-order valence-corrected chi connectivity index (χ1v) is 11.7. The highest BCUT2D eigenvalue weighted by Crippen LogP contribution is 2.44. The molecule has 1 fully saturated rings. The van der Waals surface area contributed by atoms with Crippen LogP contribution in [0.15, 0.2) is 65.7 Å². The maximum absolute atomic E-state index is 12.9. The summed E-state index contributed by atoms with van der Waals surface area (Å²) in [5, 5.41) is 10.9. The van der Waals surface area contributed by atoms with Crippen LogP contribution in [0.4, 0.5) is 5.69 Å². The van der Waals surface area contributed by atoms with Gasteiger partial charge in [0.05, 0.1) is 30.9 Å². The van der Waals surface area contributed by atoms with Gasteiger partial charge in [-0.1, -0.05) is 37.1 Å². The number of nitro benzene ring substituents is 1. The summed E-state index contributed by atoms with van der Waals surface area (Å²) in [5.41, 5.74) is 5.00. The van der Waals surface area contributed by atoms with Crippen molar-refractivity contribution in [2.24, 2.45) is 4.99 Å². The normalized spacial score (nSPS) is 18.6. The lowest BCUT2D eigenvalue weighted by atomic mass is 9.75. The molecular weight excluding hydrogens is 444 g/mol. The van der Waals surface area contributed by atoms with E-state index in [4.69, 9.17) is 14.5 Å². The van der Waals surface area contributed by atoms with Crippen molar-refractivity contribution in [2.75, 3.05) is 14.2 Å². The largest absolute Gasteiger partial charge is 0.493 e. The van der Waals surface area contributed by atoms with Crippen molar-refractivity contribution >= 4 is 17.2 Å². The minimum Gasteiger partial charge on any atom is -0.493 e. The number of carbonyl (C=O) groups excluding carboxylic acids is 1. The van der Waals surface area contributed by atoms with Gasteiger partial charge in [-0.15, -0.1) is 0 Å². The molecule has 0 radical (unpaired) electrons. The lowest BCUT2D eigenvalue weighted by Gasteiger charge is -2.35. The predicted molar refractivity (Wildman–Crippen MR) is 133 cm³/mol. The van der Waals surface area contributed by atoms with Crippen molar-refractivity contribution in [2.45, 2.75) is 37.6 Å². The predicted octanol–water partition coefficient (Wildman–Crippen LogP) is 5.72. The van der Waals surface area contributed by atoms with E-state index in [9.17, 15) is 14.9 Å². The quantitative estimate of drug-likeness (QED) is 0.261. The van der Waals surface area contributed by atoms with Crippen LogP contribution in [-0.2, 0) is 0 Å². The van der Waals surface area contributed by atoms with Gasteiger partial charge in [-0.3, -0.25) is 19.9 Å². The van der Waals surface area contributed by atoms with Crippen LogP contribution in [0.3, 0.4) is 0 Å². The molecule has 1 aliphatic carbocycles. The summed E-state index contributed by atoms with van der Waals surface area (Å²) >= 11 is 0. The summed E-state index contributed by atoms with van der Waals surface area (Å²) in [5.74, 6) is 1.57. The number of methoxy groups -OCH3 is 2. The summed E-state index contributed by atoms with van der Waals surface area (Å²) < 4.78 is 11.2. The van der Waals surface area contributed by atoms with Crippen LogP contribution in [0, 0.1) is 10.1 Å². The van der Waals surface area contributed by atoms with Crippen LogP contribution in [0.2, 0.25) is 0 Å². The molecule has 0 spiro atoms. The molecule has 1 saturated carbocycles. The monoisotopic (exact) mass is 470 g/mol. The average molecular weight is 471 g/mol. The number of hydrogen-bond donors (Lipinski definition) is 0. The standard InChI is InChI=1S/C28H26N2O5/c1-34-25-15-22-21-5-3-4-6-24(21)29-27(23(22)16-26(25)35-2)17-7-9-18(10-8-17)28(31)19-11-13-20(14-12-19)30(32)33/h7-16,21,24H,3-6H2,1-2H3/t21-,24-/m1/s1. The molecule has 0 bridgehead atoms. The van der Waals surface area contributed by atoms with Gasteiger partial charge in [0.2, 0.25) is 0 Å². The number of ketones is 1. The van der Waals surface area contributed by atoms with Crippen molar-refractivity contribution in [3.8, 4) is 11.5 Å². The molecule has 1 aliphatic heterocycles. The lowest BCUT2D eigenvalue weighted by molar-refractivity contribution is -0.384. The van der Waals surface area contributed by atoms with E-state index >= 15 is 0 Å². The average Bonchev–Trinajstić information content (AvgIpc) is 2.91. The maximum atomic E-state index is 12.9. The molecule has 2 aliphatic rings. The first-order valence-electron chi connectivity index (χ1n) is 11.7. The molecule has 3 aromatic carbocycles. The van der Waals surface area contributed by atoms with Gasteiger partial charge >= 0.3 is 0 Å². The van der Waals surface area contributed by atoms with Gasteiger partial charge in [-0.25, -0.2) is 0 Å². The maximum Gasteiger partial charge on any atom is 0.269 e. The third-order valence-electron chi connectivity index (χ3n) is 7.00. The fraction of sp³-hybridized carbons (Fsp3) is 0.286. The highest BCUT2D eigenvalue weighted by atomic mass is 16.6. The second kappa shape index (κ2) is 9.33. The van der Waals surface area contributed by atoms with E-state index in [1.165, 1.54) is 42.7 Å². The summed E-state index contributed by atoms with van der Waals surface area (Å²) in [6, 6.07) is 17.4. The van der Waals surface area contributed by atoms with Gasteiger partial charge in [-0.2, -0.15) is 0 Å². The second-order valence-electron chi connectivity index (χ2n) is 8.94. The Morgan fingerprint density at radius 1 is 0.914 bits per heavy atom. The third kappa shape index (κ3) is 4.18. The Morgan fingerprint density at radius 3 is 2.14 bits per heavy atom. The third-order valence-corrected chi connectivity index (χ3v) is 7.00. The molecule has 7 nitrogen and oxygen atoms in total. The van der Waals surface area contributed by atoms with Gasteiger partial charge in [0, 0.05) is 40.3 Å². The number of carbonyl (C=O) groups is 1. The molecule has 178 valence electrons. The Hall–Kier alpha value is -4.00. The molecule has 1 heterocycles. The molecule has 0 aromatic heterocycles. The van der Waals surface area contributed by atoms with Crippen LogP contribution in [0.1, 0.15) is 64.2 Å². The summed E-state index contributed by atoms with van der Waals surface area (Å²) in [7, 11) is 3.28. The van der Waals surface area contributed by atoms with Crippen molar-refractivity contribution < 1.29 is 19.2 Å². The smallest absolute Gasteiger partial charge is 0.269 e. The van der Waals surface area contributed by atoms with Crippen molar-refractivity contribution in [1.82, 2.24) is 0 Å². The van der Waals surface area contributed by atoms with E-state index in [2.05, 4.69) is 6.07 Å². The van der Waals surface area contributed by atoms with E-state index in [1.54, 1.807) is 26.4 Å². The lowest BCUT2D eigenvalue weighted by Crippen LogP contribution is -2.29. The Kier molecular flexibility index (Phi) is 6.07. The SMILES string of the molecule is COc1cc2c(cc1OC)[C@H]1CCCC[C@H]1N=C2c1ccc(C(=O)c2ccc([N+](=O)[O-])cc2)cc1. The van der Waals surface area contributed by atoms with Gasteiger partial charge in [-0.05, 0) is 42.7 Å². The highest BCUT2D eigenvalue weighted by Gasteiger charge is 2.34. The molecule has 0 N–H and O–H groups in total.